The molecule has 2 rings (SSSR count). The highest BCUT2D eigenvalue weighted by atomic mass is 35.5. The SMILES string of the molecule is COCC1CCCN(C(=O)c2cccc(Cl)c2)C1. The van der Waals surface area contributed by atoms with Crippen LogP contribution in [0.4, 0.5) is 0 Å². The zero-order valence-corrected chi connectivity index (χ0v) is 11.3. The highest BCUT2D eigenvalue weighted by Gasteiger charge is 2.24. The third kappa shape index (κ3) is 3.24. The summed E-state index contributed by atoms with van der Waals surface area (Å²) in [6.07, 6.45) is 2.17. The van der Waals surface area contributed by atoms with Crippen LogP contribution in [0.1, 0.15) is 23.2 Å². The molecule has 0 radical (unpaired) electrons. The van der Waals surface area contributed by atoms with Crippen LogP contribution in [-0.2, 0) is 4.74 Å². The van der Waals surface area contributed by atoms with Crippen molar-refractivity contribution in [1.82, 2.24) is 4.90 Å². The van der Waals surface area contributed by atoms with Crippen LogP contribution >= 0.6 is 11.6 Å². The van der Waals surface area contributed by atoms with Gasteiger partial charge in [0, 0.05) is 30.8 Å². The quantitative estimate of drug-likeness (QED) is 0.843. The molecule has 1 saturated heterocycles. The Morgan fingerprint density at radius 2 is 2.39 bits per heavy atom. The molecule has 98 valence electrons. The highest BCUT2D eigenvalue weighted by Crippen LogP contribution is 2.20. The van der Waals surface area contributed by atoms with Crippen molar-refractivity contribution in [1.29, 1.82) is 0 Å². The van der Waals surface area contributed by atoms with E-state index >= 15 is 0 Å². The normalized spacial score (nSPS) is 19.9. The number of rotatable bonds is 3. The second-order valence-corrected chi connectivity index (χ2v) is 5.16. The Morgan fingerprint density at radius 1 is 1.56 bits per heavy atom. The fourth-order valence-corrected chi connectivity index (χ4v) is 2.62. The highest BCUT2D eigenvalue weighted by molar-refractivity contribution is 6.30. The van der Waals surface area contributed by atoms with E-state index < -0.39 is 0 Å². The van der Waals surface area contributed by atoms with E-state index in [0.29, 0.717) is 16.5 Å². The lowest BCUT2D eigenvalue weighted by molar-refractivity contribution is 0.0571. The molecule has 1 unspecified atom stereocenters. The van der Waals surface area contributed by atoms with E-state index in [1.165, 1.54) is 0 Å². The molecule has 18 heavy (non-hydrogen) atoms. The van der Waals surface area contributed by atoms with Gasteiger partial charge in [0.05, 0.1) is 6.61 Å². The zero-order chi connectivity index (χ0) is 13.0. The van der Waals surface area contributed by atoms with Crippen molar-refractivity contribution in [3.63, 3.8) is 0 Å². The molecule has 1 atom stereocenters. The maximum absolute atomic E-state index is 12.3. The first-order valence-electron chi connectivity index (χ1n) is 6.24. The lowest BCUT2D eigenvalue weighted by atomic mass is 9.98. The molecule has 1 amide bonds. The number of ether oxygens (including phenoxy) is 1. The molecule has 4 heteroatoms. The first kappa shape index (κ1) is 13.4. The maximum Gasteiger partial charge on any atom is 0.253 e. The predicted molar refractivity (Wildman–Crippen MR) is 72.0 cm³/mol. The molecule has 1 aliphatic heterocycles. The average Bonchev–Trinajstić information content (AvgIpc) is 2.39. The van der Waals surface area contributed by atoms with Crippen molar-refractivity contribution in [2.45, 2.75) is 12.8 Å². The van der Waals surface area contributed by atoms with Crippen molar-refractivity contribution in [2.24, 2.45) is 5.92 Å². The number of likely N-dealkylation sites (tertiary alicyclic amines) is 1. The largest absolute Gasteiger partial charge is 0.384 e. The number of amides is 1. The number of halogens is 1. The van der Waals surface area contributed by atoms with Gasteiger partial charge in [0.15, 0.2) is 0 Å². The fourth-order valence-electron chi connectivity index (χ4n) is 2.43. The predicted octanol–water partition coefficient (Wildman–Crippen LogP) is 2.84. The van der Waals surface area contributed by atoms with Crippen LogP contribution in [0.5, 0.6) is 0 Å². The van der Waals surface area contributed by atoms with Gasteiger partial charge in [0.2, 0.25) is 0 Å². The fraction of sp³-hybridized carbons (Fsp3) is 0.500. The molecule has 0 aromatic heterocycles. The van der Waals surface area contributed by atoms with E-state index in [1.54, 1.807) is 19.2 Å². The Kier molecular flexibility index (Phi) is 4.61. The summed E-state index contributed by atoms with van der Waals surface area (Å²) in [5, 5.41) is 0.603. The third-order valence-electron chi connectivity index (χ3n) is 3.28. The van der Waals surface area contributed by atoms with Crippen molar-refractivity contribution >= 4 is 17.5 Å². The number of nitrogens with zero attached hydrogens (tertiary/aromatic N) is 1. The minimum atomic E-state index is 0.0679. The summed E-state index contributed by atoms with van der Waals surface area (Å²) < 4.78 is 5.18. The molecule has 1 aromatic carbocycles. The summed E-state index contributed by atoms with van der Waals surface area (Å²) >= 11 is 5.92. The molecule has 1 aliphatic rings. The number of hydrogen-bond donors (Lipinski definition) is 0. The minimum Gasteiger partial charge on any atom is -0.384 e. The van der Waals surface area contributed by atoms with Gasteiger partial charge in [-0.3, -0.25) is 4.79 Å². The Balaban J connectivity index is 2.04. The van der Waals surface area contributed by atoms with Gasteiger partial charge < -0.3 is 9.64 Å². The molecule has 0 spiro atoms. The molecule has 1 aromatic rings. The number of carbonyl (C=O) groups is 1. The number of benzene rings is 1. The van der Waals surface area contributed by atoms with Gasteiger partial charge in [0.1, 0.15) is 0 Å². The van der Waals surface area contributed by atoms with Gasteiger partial charge in [-0.15, -0.1) is 0 Å². The Morgan fingerprint density at radius 3 is 3.11 bits per heavy atom. The third-order valence-corrected chi connectivity index (χ3v) is 3.52. The van der Waals surface area contributed by atoms with E-state index in [4.69, 9.17) is 16.3 Å². The van der Waals surface area contributed by atoms with E-state index in [1.807, 2.05) is 17.0 Å². The molecule has 0 bridgehead atoms. The summed E-state index contributed by atoms with van der Waals surface area (Å²) in [5.41, 5.74) is 0.667. The first-order chi connectivity index (χ1) is 8.70. The van der Waals surface area contributed by atoms with Crippen LogP contribution in [0.25, 0.3) is 0 Å². The van der Waals surface area contributed by atoms with Gasteiger partial charge in [-0.1, -0.05) is 17.7 Å². The first-order valence-corrected chi connectivity index (χ1v) is 6.62. The van der Waals surface area contributed by atoms with E-state index in [9.17, 15) is 4.79 Å². The van der Waals surface area contributed by atoms with Gasteiger partial charge >= 0.3 is 0 Å². The van der Waals surface area contributed by atoms with Crippen LogP contribution in [-0.4, -0.2) is 37.6 Å². The molecule has 3 nitrogen and oxygen atoms in total. The molecular weight excluding hydrogens is 250 g/mol. The van der Waals surface area contributed by atoms with Crippen molar-refractivity contribution in [3.8, 4) is 0 Å². The summed E-state index contributed by atoms with van der Waals surface area (Å²) in [4.78, 5) is 14.2. The minimum absolute atomic E-state index is 0.0679. The van der Waals surface area contributed by atoms with Crippen LogP contribution < -0.4 is 0 Å². The van der Waals surface area contributed by atoms with Crippen LogP contribution in [0.2, 0.25) is 5.02 Å². The molecule has 0 aliphatic carbocycles. The summed E-state index contributed by atoms with van der Waals surface area (Å²) in [7, 11) is 1.71. The van der Waals surface area contributed by atoms with Crippen molar-refractivity contribution in [3.05, 3.63) is 34.9 Å². The number of hydrogen-bond acceptors (Lipinski definition) is 2. The van der Waals surface area contributed by atoms with Crippen molar-refractivity contribution < 1.29 is 9.53 Å². The van der Waals surface area contributed by atoms with Crippen LogP contribution in [0.15, 0.2) is 24.3 Å². The average molecular weight is 268 g/mol. The van der Waals surface area contributed by atoms with Gasteiger partial charge in [0.25, 0.3) is 5.91 Å². The zero-order valence-electron chi connectivity index (χ0n) is 10.6. The summed E-state index contributed by atoms with van der Waals surface area (Å²) in [6, 6.07) is 7.13. The Hall–Kier alpha value is -1.06. The smallest absolute Gasteiger partial charge is 0.253 e. The number of piperidine rings is 1. The van der Waals surface area contributed by atoms with Gasteiger partial charge in [-0.25, -0.2) is 0 Å². The van der Waals surface area contributed by atoms with E-state index in [0.717, 1.165) is 32.5 Å². The van der Waals surface area contributed by atoms with E-state index in [-0.39, 0.29) is 5.91 Å². The monoisotopic (exact) mass is 267 g/mol. The van der Waals surface area contributed by atoms with Gasteiger partial charge in [-0.05, 0) is 37.0 Å². The van der Waals surface area contributed by atoms with Crippen LogP contribution in [0, 0.1) is 5.92 Å². The molecule has 0 saturated carbocycles. The Bertz CT molecular complexity index is 420. The second kappa shape index (κ2) is 6.21. The molecule has 1 fully saturated rings. The second-order valence-electron chi connectivity index (χ2n) is 4.73. The summed E-state index contributed by atoms with van der Waals surface area (Å²) in [5.74, 6) is 0.519. The number of methoxy groups -OCH3 is 1. The lowest BCUT2D eigenvalue weighted by Gasteiger charge is -2.32. The molecular formula is C14H18ClNO2. The number of carbonyl (C=O) groups excluding carboxylic acids is 1. The Labute approximate surface area is 113 Å². The maximum atomic E-state index is 12.3. The topological polar surface area (TPSA) is 29.5 Å². The molecule has 1 heterocycles. The standard InChI is InChI=1S/C14H18ClNO2/c1-18-10-11-4-3-7-16(9-11)14(17)12-5-2-6-13(15)8-12/h2,5-6,8,11H,3-4,7,9-10H2,1H3. The van der Waals surface area contributed by atoms with E-state index in [2.05, 4.69) is 0 Å². The van der Waals surface area contributed by atoms with Crippen LogP contribution in [0.3, 0.4) is 0 Å². The van der Waals surface area contributed by atoms with Gasteiger partial charge in [-0.2, -0.15) is 0 Å². The summed E-state index contributed by atoms with van der Waals surface area (Å²) in [6.45, 7) is 2.32. The molecule has 0 N–H and O–H groups in total. The van der Waals surface area contributed by atoms with Crippen molar-refractivity contribution in [2.75, 3.05) is 26.8 Å². The lowest BCUT2D eigenvalue weighted by Crippen LogP contribution is -2.41.